The summed E-state index contributed by atoms with van der Waals surface area (Å²) in [6, 6.07) is 14.0. The quantitative estimate of drug-likeness (QED) is 0.349. The van der Waals surface area contributed by atoms with Gasteiger partial charge in [-0.1, -0.05) is 36.4 Å². The highest BCUT2D eigenvalue weighted by Gasteiger charge is 2.16. The first-order chi connectivity index (χ1) is 16.1. The summed E-state index contributed by atoms with van der Waals surface area (Å²) >= 11 is 0. The molecule has 1 saturated heterocycles. The first kappa shape index (κ1) is 21.4. The molecule has 0 spiro atoms. The lowest BCUT2D eigenvalue weighted by Crippen LogP contribution is -2.19. The highest BCUT2D eigenvalue weighted by Crippen LogP contribution is 2.27. The van der Waals surface area contributed by atoms with E-state index < -0.39 is 0 Å². The second-order valence-electron chi connectivity index (χ2n) is 8.64. The lowest BCUT2D eigenvalue weighted by molar-refractivity contribution is 0.282. The van der Waals surface area contributed by atoms with Crippen LogP contribution < -0.4 is 16.3 Å². The normalized spacial score (nSPS) is 15.9. The molecule has 0 bridgehead atoms. The molecule has 1 aliphatic rings. The van der Waals surface area contributed by atoms with Crippen molar-refractivity contribution in [1.82, 2.24) is 24.8 Å². The van der Waals surface area contributed by atoms with E-state index in [1.165, 1.54) is 0 Å². The predicted octanol–water partition coefficient (Wildman–Crippen LogP) is 2.66. The number of aliphatic hydroxyl groups excluding tert-OH is 1. The van der Waals surface area contributed by atoms with E-state index in [9.17, 15) is 9.90 Å². The summed E-state index contributed by atoms with van der Waals surface area (Å²) in [7, 11) is 0. The number of aromatic amines is 1. The van der Waals surface area contributed by atoms with Gasteiger partial charge in [0.15, 0.2) is 5.65 Å². The zero-order chi connectivity index (χ0) is 22.8. The summed E-state index contributed by atoms with van der Waals surface area (Å²) in [5.74, 6) is 1.10. The van der Waals surface area contributed by atoms with Crippen LogP contribution in [0, 0.1) is 12.8 Å². The van der Waals surface area contributed by atoms with Gasteiger partial charge in [-0.2, -0.15) is 4.98 Å². The monoisotopic (exact) mass is 444 g/mol. The van der Waals surface area contributed by atoms with Gasteiger partial charge in [-0.05, 0) is 66.2 Å². The van der Waals surface area contributed by atoms with Crippen molar-refractivity contribution in [2.75, 3.05) is 25.0 Å². The predicted molar refractivity (Wildman–Crippen MR) is 129 cm³/mol. The van der Waals surface area contributed by atoms with Crippen molar-refractivity contribution in [2.45, 2.75) is 26.5 Å². The van der Waals surface area contributed by atoms with Crippen LogP contribution in [0.5, 0.6) is 0 Å². The van der Waals surface area contributed by atoms with E-state index in [2.05, 4.69) is 38.6 Å². The molecule has 5 rings (SSSR count). The standard InChI is InChI=1S/C25H28N6O2/c1-16-20(6-3-7-21(16)19-5-2-4-17(10-19)15-32)14-31-23-22(29-25(31)33)13-28-24(30-23)27-12-18-8-9-26-11-18/h2-7,10,13,18,26,32H,8-9,11-12,14-15H2,1H3,(H,29,33)(H,27,28,30)/t18-/m1/s1. The summed E-state index contributed by atoms with van der Waals surface area (Å²) in [5, 5.41) is 16.2. The smallest absolute Gasteiger partial charge is 0.328 e. The van der Waals surface area contributed by atoms with Crippen molar-refractivity contribution in [2.24, 2.45) is 5.92 Å². The Hall–Kier alpha value is -3.49. The van der Waals surface area contributed by atoms with E-state index in [1.54, 1.807) is 10.8 Å². The summed E-state index contributed by atoms with van der Waals surface area (Å²) in [6.45, 7) is 5.33. The maximum absolute atomic E-state index is 12.8. The molecule has 1 fully saturated rings. The third-order valence-electron chi connectivity index (χ3n) is 6.42. The summed E-state index contributed by atoms with van der Waals surface area (Å²) < 4.78 is 1.66. The maximum atomic E-state index is 12.8. The molecule has 1 atom stereocenters. The molecule has 2 aromatic heterocycles. The van der Waals surface area contributed by atoms with E-state index in [-0.39, 0.29) is 12.3 Å². The Balaban J connectivity index is 1.45. The molecule has 1 aliphatic heterocycles. The fourth-order valence-corrected chi connectivity index (χ4v) is 4.48. The van der Waals surface area contributed by atoms with Crippen molar-refractivity contribution in [3.63, 3.8) is 0 Å². The maximum Gasteiger partial charge on any atom is 0.328 e. The van der Waals surface area contributed by atoms with Gasteiger partial charge in [0, 0.05) is 6.54 Å². The van der Waals surface area contributed by atoms with Crippen molar-refractivity contribution < 1.29 is 5.11 Å². The number of aromatic nitrogens is 4. The van der Waals surface area contributed by atoms with Crippen LogP contribution in [-0.2, 0) is 13.2 Å². The largest absolute Gasteiger partial charge is 0.392 e. The lowest BCUT2D eigenvalue weighted by atomic mass is 9.95. The van der Waals surface area contributed by atoms with Gasteiger partial charge >= 0.3 is 5.69 Å². The van der Waals surface area contributed by atoms with E-state index in [1.807, 2.05) is 36.4 Å². The van der Waals surface area contributed by atoms with Gasteiger partial charge in [-0.25, -0.2) is 9.78 Å². The van der Waals surface area contributed by atoms with Crippen molar-refractivity contribution in [1.29, 1.82) is 0 Å². The van der Waals surface area contributed by atoms with Gasteiger partial charge in [0.05, 0.1) is 19.3 Å². The molecule has 8 nitrogen and oxygen atoms in total. The molecule has 4 N–H and O–H groups in total. The van der Waals surface area contributed by atoms with Gasteiger partial charge in [0.2, 0.25) is 5.95 Å². The fraction of sp³-hybridized carbons (Fsp3) is 0.320. The van der Waals surface area contributed by atoms with Gasteiger partial charge in [-0.15, -0.1) is 0 Å². The number of nitrogens with one attached hydrogen (secondary N) is 3. The van der Waals surface area contributed by atoms with Crippen LogP contribution in [0.15, 0.2) is 53.5 Å². The van der Waals surface area contributed by atoms with E-state index in [0.717, 1.165) is 53.9 Å². The lowest BCUT2D eigenvalue weighted by Gasteiger charge is -2.13. The Labute approximate surface area is 191 Å². The molecule has 0 unspecified atom stereocenters. The summed E-state index contributed by atoms with van der Waals surface area (Å²) in [5.41, 5.74) is 6.13. The molecule has 0 saturated carbocycles. The molecule has 0 aliphatic carbocycles. The third-order valence-corrected chi connectivity index (χ3v) is 6.42. The van der Waals surface area contributed by atoms with Gasteiger partial charge < -0.3 is 20.7 Å². The number of hydrogen-bond donors (Lipinski definition) is 4. The molecular weight excluding hydrogens is 416 g/mol. The molecule has 8 heteroatoms. The van der Waals surface area contributed by atoms with Gasteiger partial charge in [0.25, 0.3) is 0 Å². The van der Waals surface area contributed by atoms with Crippen LogP contribution in [0.2, 0.25) is 0 Å². The van der Waals surface area contributed by atoms with Crippen molar-refractivity contribution >= 4 is 17.1 Å². The number of anilines is 1. The molecule has 3 heterocycles. The Morgan fingerprint density at radius 2 is 2.12 bits per heavy atom. The molecule has 0 radical (unpaired) electrons. The van der Waals surface area contributed by atoms with E-state index in [4.69, 9.17) is 0 Å². The molecule has 4 aromatic rings. The third kappa shape index (κ3) is 4.40. The number of imidazole rings is 1. The second-order valence-corrected chi connectivity index (χ2v) is 8.64. The summed E-state index contributed by atoms with van der Waals surface area (Å²) in [6.07, 6.45) is 2.81. The Morgan fingerprint density at radius 3 is 2.94 bits per heavy atom. The zero-order valence-electron chi connectivity index (χ0n) is 18.6. The highest BCUT2D eigenvalue weighted by molar-refractivity contribution is 5.72. The van der Waals surface area contributed by atoms with Crippen LogP contribution >= 0.6 is 0 Å². The van der Waals surface area contributed by atoms with E-state index >= 15 is 0 Å². The van der Waals surface area contributed by atoms with Crippen LogP contribution in [0.25, 0.3) is 22.3 Å². The fourth-order valence-electron chi connectivity index (χ4n) is 4.48. The number of benzene rings is 2. The number of fused-ring (bicyclic) bond motifs is 1. The Kier molecular flexibility index (Phi) is 5.93. The van der Waals surface area contributed by atoms with Crippen LogP contribution in [-0.4, -0.2) is 44.3 Å². The minimum absolute atomic E-state index is 0.00461. The van der Waals surface area contributed by atoms with Gasteiger partial charge in [-0.3, -0.25) is 4.57 Å². The number of hydrogen-bond acceptors (Lipinski definition) is 6. The zero-order valence-corrected chi connectivity index (χ0v) is 18.6. The number of rotatable bonds is 7. The molecule has 170 valence electrons. The first-order valence-electron chi connectivity index (χ1n) is 11.3. The van der Waals surface area contributed by atoms with Gasteiger partial charge in [0.1, 0.15) is 5.52 Å². The Morgan fingerprint density at radius 1 is 1.24 bits per heavy atom. The molecule has 0 amide bonds. The minimum Gasteiger partial charge on any atom is -0.392 e. The first-order valence-corrected chi connectivity index (χ1v) is 11.3. The SMILES string of the molecule is Cc1c(Cn2c(=O)[nH]c3cnc(NC[C@@H]4CCNC4)nc32)cccc1-c1cccc(CO)c1. The topological polar surface area (TPSA) is 108 Å². The van der Waals surface area contributed by atoms with E-state index in [0.29, 0.717) is 29.6 Å². The molecule has 2 aromatic carbocycles. The molecular formula is C25H28N6O2. The average molecular weight is 445 g/mol. The second kappa shape index (κ2) is 9.17. The van der Waals surface area contributed by atoms with Crippen LogP contribution in [0.4, 0.5) is 5.95 Å². The minimum atomic E-state index is -0.205. The average Bonchev–Trinajstić information content (AvgIpc) is 3.47. The van der Waals surface area contributed by atoms with Crippen molar-refractivity contribution in [3.8, 4) is 11.1 Å². The number of nitrogens with zero attached hydrogens (tertiary/aromatic N) is 3. The molecule has 33 heavy (non-hydrogen) atoms. The van der Waals surface area contributed by atoms with Crippen LogP contribution in [0.3, 0.4) is 0 Å². The number of aliphatic hydroxyl groups is 1. The highest BCUT2D eigenvalue weighted by atomic mass is 16.3. The Bertz CT molecular complexity index is 1340. The number of H-pyrrole nitrogens is 1. The van der Waals surface area contributed by atoms with Crippen molar-refractivity contribution in [3.05, 3.63) is 75.8 Å². The summed E-state index contributed by atoms with van der Waals surface area (Å²) in [4.78, 5) is 24.6. The van der Waals surface area contributed by atoms with Crippen LogP contribution in [0.1, 0.15) is 23.1 Å².